The Morgan fingerprint density at radius 1 is 1.07 bits per heavy atom. The Morgan fingerprint density at radius 2 is 1.71 bits per heavy atom. The van der Waals surface area contributed by atoms with E-state index in [1.54, 1.807) is 0 Å². The molecule has 0 aromatic carbocycles. The summed E-state index contributed by atoms with van der Waals surface area (Å²) in [6.45, 7) is 0.769. The first-order valence-electron chi connectivity index (χ1n) is 5.77. The van der Waals surface area contributed by atoms with Crippen molar-refractivity contribution in [3.05, 3.63) is 0 Å². The molecule has 2 fully saturated rings. The van der Waals surface area contributed by atoms with Crippen LogP contribution in [0.1, 0.15) is 44.9 Å². The molecule has 1 aliphatic heterocycles. The van der Waals surface area contributed by atoms with Gasteiger partial charge in [0.1, 0.15) is 6.10 Å². The van der Waals surface area contributed by atoms with E-state index in [1.165, 1.54) is 25.7 Å². The molecule has 0 bridgehead atoms. The molecule has 0 spiro atoms. The SMILES string of the molecule is O=C1C(O)CCN1C1CCCCCC1. The first-order valence-corrected chi connectivity index (χ1v) is 5.77. The van der Waals surface area contributed by atoms with E-state index in [4.69, 9.17) is 0 Å². The third-order valence-corrected chi connectivity index (χ3v) is 3.48. The Hall–Kier alpha value is -0.570. The third-order valence-electron chi connectivity index (χ3n) is 3.48. The number of hydrogen-bond donors (Lipinski definition) is 1. The van der Waals surface area contributed by atoms with Crippen molar-refractivity contribution in [3.8, 4) is 0 Å². The van der Waals surface area contributed by atoms with Crippen LogP contribution in [0.2, 0.25) is 0 Å². The minimum Gasteiger partial charge on any atom is -0.383 e. The molecule has 1 heterocycles. The van der Waals surface area contributed by atoms with Crippen molar-refractivity contribution < 1.29 is 9.90 Å². The molecule has 0 aromatic rings. The molecule has 80 valence electrons. The Balaban J connectivity index is 1.96. The van der Waals surface area contributed by atoms with Crippen molar-refractivity contribution in [3.63, 3.8) is 0 Å². The topological polar surface area (TPSA) is 40.5 Å². The normalized spacial score (nSPS) is 30.8. The van der Waals surface area contributed by atoms with Gasteiger partial charge in [0.05, 0.1) is 0 Å². The van der Waals surface area contributed by atoms with Gasteiger partial charge in [0.15, 0.2) is 0 Å². The fourth-order valence-electron chi connectivity index (χ4n) is 2.62. The Morgan fingerprint density at radius 3 is 2.21 bits per heavy atom. The summed E-state index contributed by atoms with van der Waals surface area (Å²) < 4.78 is 0. The van der Waals surface area contributed by atoms with E-state index < -0.39 is 6.10 Å². The highest BCUT2D eigenvalue weighted by Crippen LogP contribution is 2.25. The molecular formula is C11H19NO2. The molecule has 1 unspecified atom stereocenters. The van der Waals surface area contributed by atoms with Gasteiger partial charge in [-0.15, -0.1) is 0 Å². The molecule has 2 rings (SSSR count). The average Bonchev–Trinajstić information content (AvgIpc) is 2.47. The third kappa shape index (κ3) is 1.92. The molecule has 1 N–H and O–H groups in total. The second-order valence-electron chi connectivity index (χ2n) is 4.48. The van der Waals surface area contributed by atoms with Gasteiger partial charge >= 0.3 is 0 Å². The number of nitrogens with zero attached hydrogens (tertiary/aromatic N) is 1. The van der Waals surface area contributed by atoms with Gasteiger partial charge in [0.25, 0.3) is 5.91 Å². The molecule has 3 nitrogen and oxygen atoms in total. The van der Waals surface area contributed by atoms with Crippen LogP contribution in [0.5, 0.6) is 0 Å². The molecule has 14 heavy (non-hydrogen) atoms. The summed E-state index contributed by atoms with van der Waals surface area (Å²) in [5.74, 6) is -0.0306. The highest BCUT2D eigenvalue weighted by molar-refractivity contribution is 5.83. The van der Waals surface area contributed by atoms with Gasteiger partial charge in [-0.2, -0.15) is 0 Å². The van der Waals surface area contributed by atoms with Crippen molar-refractivity contribution in [2.24, 2.45) is 0 Å². The van der Waals surface area contributed by atoms with Crippen LogP contribution in [-0.2, 0) is 4.79 Å². The van der Waals surface area contributed by atoms with Crippen LogP contribution in [-0.4, -0.2) is 34.6 Å². The standard InChI is InChI=1S/C11H19NO2/c13-10-7-8-12(11(10)14)9-5-3-1-2-4-6-9/h9-10,13H,1-8H2. The minimum absolute atomic E-state index is 0.0306. The molecule has 0 radical (unpaired) electrons. The van der Waals surface area contributed by atoms with Crippen LogP contribution in [0.25, 0.3) is 0 Å². The lowest BCUT2D eigenvalue weighted by molar-refractivity contribution is -0.136. The zero-order valence-corrected chi connectivity index (χ0v) is 8.61. The highest BCUT2D eigenvalue weighted by Gasteiger charge is 2.34. The molecule has 1 amide bonds. The number of likely N-dealkylation sites (tertiary alicyclic amines) is 1. The summed E-state index contributed by atoms with van der Waals surface area (Å²) in [5, 5.41) is 9.38. The van der Waals surface area contributed by atoms with Gasteiger partial charge < -0.3 is 10.0 Å². The lowest BCUT2D eigenvalue weighted by atomic mass is 10.1. The molecule has 0 aromatic heterocycles. The largest absolute Gasteiger partial charge is 0.383 e. The molecule has 3 heteroatoms. The fourth-order valence-corrected chi connectivity index (χ4v) is 2.62. The molecule has 2 aliphatic rings. The number of carbonyl (C=O) groups excluding carboxylic acids is 1. The van der Waals surface area contributed by atoms with Crippen molar-refractivity contribution in [1.82, 2.24) is 4.90 Å². The number of carbonyl (C=O) groups is 1. The number of rotatable bonds is 1. The molecular weight excluding hydrogens is 178 g/mol. The minimum atomic E-state index is -0.710. The van der Waals surface area contributed by atoms with Gasteiger partial charge in [-0.1, -0.05) is 25.7 Å². The van der Waals surface area contributed by atoms with E-state index in [0.717, 1.165) is 19.4 Å². The summed E-state index contributed by atoms with van der Waals surface area (Å²) in [5.41, 5.74) is 0. The summed E-state index contributed by atoms with van der Waals surface area (Å²) in [4.78, 5) is 13.5. The quantitative estimate of drug-likeness (QED) is 0.644. The summed E-state index contributed by atoms with van der Waals surface area (Å²) in [6, 6.07) is 0.419. The first-order chi connectivity index (χ1) is 6.79. The predicted molar refractivity (Wildman–Crippen MR) is 53.8 cm³/mol. The Labute approximate surface area is 85.1 Å². The number of hydrogen-bond acceptors (Lipinski definition) is 2. The lowest BCUT2D eigenvalue weighted by Gasteiger charge is -2.26. The van der Waals surface area contributed by atoms with Crippen molar-refractivity contribution in [2.45, 2.75) is 57.1 Å². The van der Waals surface area contributed by atoms with Crippen molar-refractivity contribution in [2.75, 3.05) is 6.54 Å². The maximum atomic E-state index is 11.6. The Kier molecular flexibility index (Phi) is 3.06. The van der Waals surface area contributed by atoms with Gasteiger partial charge in [0, 0.05) is 12.6 Å². The van der Waals surface area contributed by atoms with Crippen molar-refractivity contribution in [1.29, 1.82) is 0 Å². The van der Waals surface area contributed by atoms with E-state index in [1.807, 2.05) is 4.90 Å². The number of aliphatic hydroxyl groups excluding tert-OH is 1. The lowest BCUT2D eigenvalue weighted by Crippen LogP contribution is -2.38. The monoisotopic (exact) mass is 197 g/mol. The number of amides is 1. The summed E-state index contributed by atoms with van der Waals surface area (Å²) in [6.07, 6.45) is 7.29. The van der Waals surface area contributed by atoms with Gasteiger partial charge in [-0.25, -0.2) is 0 Å². The molecule has 1 aliphatic carbocycles. The van der Waals surface area contributed by atoms with Gasteiger partial charge in [-0.05, 0) is 19.3 Å². The fraction of sp³-hybridized carbons (Fsp3) is 0.909. The zero-order valence-electron chi connectivity index (χ0n) is 8.61. The first kappa shape index (κ1) is 9.97. The molecule has 1 saturated carbocycles. The van der Waals surface area contributed by atoms with Gasteiger partial charge in [-0.3, -0.25) is 4.79 Å². The van der Waals surface area contributed by atoms with Crippen molar-refractivity contribution >= 4 is 5.91 Å². The predicted octanol–water partition coefficient (Wildman–Crippen LogP) is 1.30. The molecule has 1 saturated heterocycles. The summed E-state index contributed by atoms with van der Waals surface area (Å²) in [7, 11) is 0. The molecule has 1 atom stereocenters. The second-order valence-corrected chi connectivity index (χ2v) is 4.48. The Bertz CT molecular complexity index is 209. The van der Waals surface area contributed by atoms with Crippen LogP contribution < -0.4 is 0 Å². The van der Waals surface area contributed by atoms with Gasteiger partial charge in [0.2, 0.25) is 0 Å². The summed E-state index contributed by atoms with van der Waals surface area (Å²) >= 11 is 0. The second kappa shape index (κ2) is 4.30. The number of aliphatic hydroxyl groups is 1. The maximum absolute atomic E-state index is 11.6. The van der Waals surface area contributed by atoms with Crippen LogP contribution in [0, 0.1) is 0 Å². The zero-order chi connectivity index (χ0) is 9.97. The average molecular weight is 197 g/mol. The smallest absolute Gasteiger partial charge is 0.251 e. The van der Waals surface area contributed by atoms with E-state index in [0.29, 0.717) is 12.5 Å². The maximum Gasteiger partial charge on any atom is 0.251 e. The van der Waals surface area contributed by atoms with E-state index >= 15 is 0 Å². The van der Waals surface area contributed by atoms with Crippen LogP contribution in [0.4, 0.5) is 0 Å². The highest BCUT2D eigenvalue weighted by atomic mass is 16.3. The van der Waals surface area contributed by atoms with E-state index in [-0.39, 0.29) is 5.91 Å². The van der Waals surface area contributed by atoms with Crippen LogP contribution >= 0.6 is 0 Å². The van der Waals surface area contributed by atoms with Crippen LogP contribution in [0.3, 0.4) is 0 Å². The van der Waals surface area contributed by atoms with E-state index in [2.05, 4.69) is 0 Å². The van der Waals surface area contributed by atoms with E-state index in [9.17, 15) is 9.90 Å². The van der Waals surface area contributed by atoms with Crippen LogP contribution in [0.15, 0.2) is 0 Å².